The fourth-order valence-corrected chi connectivity index (χ4v) is 2.57. The second-order valence-corrected chi connectivity index (χ2v) is 5.30. The summed E-state index contributed by atoms with van der Waals surface area (Å²) >= 11 is 0. The number of nitrogens with one attached hydrogen (secondary N) is 1. The Morgan fingerprint density at radius 2 is 1.55 bits per heavy atom. The molecule has 1 aromatic rings. The van der Waals surface area contributed by atoms with E-state index in [9.17, 15) is 8.78 Å². The minimum absolute atomic E-state index is 0.197. The molecule has 1 aromatic carbocycles. The zero-order chi connectivity index (χ0) is 14.8. The van der Waals surface area contributed by atoms with Crippen LogP contribution in [0.2, 0.25) is 0 Å². The number of halogens is 2. The molecule has 0 amide bonds. The van der Waals surface area contributed by atoms with Crippen LogP contribution < -0.4 is 5.32 Å². The fourth-order valence-electron chi connectivity index (χ4n) is 2.57. The smallest absolute Gasteiger partial charge is 0.130 e. The highest BCUT2D eigenvalue weighted by Crippen LogP contribution is 2.25. The van der Waals surface area contributed by atoms with E-state index >= 15 is 0 Å². The van der Waals surface area contributed by atoms with Crippen LogP contribution in [-0.4, -0.2) is 6.54 Å². The summed E-state index contributed by atoms with van der Waals surface area (Å²) in [5, 5.41) is 3.20. The third-order valence-electron chi connectivity index (χ3n) is 3.65. The van der Waals surface area contributed by atoms with Crippen molar-refractivity contribution in [1.82, 2.24) is 5.32 Å². The predicted octanol–water partition coefficient (Wildman–Crippen LogP) is 5.37. The molecule has 1 N–H and O–H groups in total. The molecular formula is C17H27F2N. The molecule has 0 saturated carbocycles. The molecule has 0 aliphatic rings. The Balaban J connectivity index is 2.52. The van der Waals surface area contributed by atoms with Crippen molar-refractivity contribution in [2.24, 2.45) is 0 Å². The van der Waals surface area contributed by atoms with Crippen molar-refractivity contribution in [1.29, 1.82) is 0 Å². The molecule has 0 fully saturated rings. The van der Waals surface area contributed by atoms with Gasteiger partial charge in [0.25, 0.3) is 0 Å². The minimum atomic E-state index is -0.443. The Morgan fingerprint density at radius 1 is 0.950 bits per heavy atom. The van der Waals surface area contributed by atoms with Gasteiger partial charge < -0.3 is 5.32 Å². The van der Waals surface area contributed by atoms with Crippen LogP contribution in [0, 0.1) is 11.6 Å². The Labute approximate surface area is 121 Å². The number of hydrogen-bond donors (Lipinski definition) is 1. The van der Waals surface area contributed by atoms with E-state index < -0.39 is 11.6 Å². The molecule has 20 heavy (non-hydrogen) atoms. The Bertz CT molecular complexity index is 359. The molecule has 3 heteroatoms. The lowest BCUT2D eigenvalue weighted by Crippen LogP contribution is -2.23. The molecule has 0 aliphatic heterocycles. The van der Waals surface area contributed by atoms with Crippen LogP contribution in [0.4, 0.5) is 8.78 Å². The quantitative estimate of drug-likeness (QED) is 0.569. The number of rotatable bonds is 10. The van der Waals surface area contributed by atoms with Gasteiger partial charge in [0.05, 0.1) is 0 Å². The predicted molar refractivity (Wildman–Crippen MR) is 80.8 cm³/mol. The van der Waals surface area contributed by atoms with E-state index in [1.54, 1.807) is 0 Å². The monoisotopic (exact) mass is 283 g/mol. The maximum atomic E-state index is 13.8. The van der Waals surface area contributed by atoms with Crippen molar-refractivity contribution in [3.05, 3.63) is 35.4 Å². The first-order valence-corrected chi connectivity index (χ1v) is 7.88. The van der Waals surface area contributed by atoms with Crippen molar-refractivity contribution in [3.63, 3.8) is 0 Å². The van der Waals surface area contributed by atoms with Gasteiger partial charge in [0.1, 0.15) is 11.6 Å². The first kappa shape index (κ1) is 17.1. The third kappa shape index (κ3) is 5.58. The van der Waals surface area contributed by atoms with Crippen LogP contribution in [-0.2, 0) is 0 Å². The van der Waals surface area contributed by atoms with E-state index in [1.807, 2.05) is 6.92 Å². The van der Waals surface area contributed by atoms with Crippen molar-refractivity contribution in [2.75, 3.05) is 6.54 Å². The molecule has 1 unspecified atom stereocenters. The molecule has 1 nitrogen and oxygen atoms in total. The lowest BCUT2D eigenvalue weighted by Gasteiger charge is -2.19. The number of hydrogen-bond acceptors (Lipinski definition) is 1. The van der Waals surface area contributed by atoms with Crippen molar-refractivity contribution < 1.29 is 8.78 Å². The van der Waals surface area contributed by atoms with Crippen molar-refractivity contribution >= 4 is 0 Å². The summed E-state index contributed by atoms with van der Waals surface area (Å²) in [5.41, 5.74) is 0.197. The molecule has 0 aromatic heterocycles. The Hall–Kier alpha value is -0.960. The first-order chi connectivity index (χ1) is 9.70. The summed E-state index contributed by atoms with van der Waals surface area (Å²) in [6.45, 7) is 4.88. The van der Waals surface area contributed by atoms with Gasteiger partial charge in [-0.15, -0.1) is 0 Å². The summed E-state index contributed by atoms with van der Waals surface area (Å²) in [4.78, 5) is 0. The van der Waals surface area contributed by atoms with E-state index in [1.165, 1.54) is 43.9 Å². The van der Waals surface area contributed by atoms with Gasteiger partial charge in [-0.1, -0.05) is 58.4 Å². The third-order valence-corrected chi connectivity index (χ3v) is 3.65. The zero-order valence-corrected chi connectivity index (χ0v) is 12.7. The SMILES string of the molecule is CCCCCCCCC(NCC)c1c(F)cccc1F. The molecule has 0 spiro atoms. The molecule has 0 heterocycles. The average molecular weight is 283 g/mol. The molecular weight excluding hydrogens is 256 g/mol. The van der Waals surface area contributed by atoms with E-state index in [0.717, 1.165) is 19.3 Å². The van der Waals surface area contributed by atoms with Gasteiger partial charge in [0, 0.05) is 11.6 Å². The lowest BCUT2D eigenvalue weighted by molar-refractivity contribution is 0.435. The molecule has 0 radical (unpaired) electrons. The minimum Gasteiger partial charge on any atom is -0.310 e. The average Bonchev–Trinajstić information content (AvgIpc) is 2.42. The van der Waals surface area contributed by atoms with Gasteiger partial charge in [-0.25, -0.2) is 8.78 Å². The largest absolute Gasteiger partial charge is 0.310 e. The van der Waals surface area contributed by atoms with Crippen LogP contribution in [0.1, 0.15) is 70.4 Å². The second-order valence-electron chi connectivity index (χ2n) is 5.30. The molecule has 0 bridgehead atoms. The number of benzene rings is 1. The lowest BCUT2D eigenvalue weighted by atomic mass is 9.98. The van der Waals surface area contributed by atoms with Gasteiger partial charge in [-0.2, -0.15) is 0 Å². The van der Waals surface area contributed by atoms with E-state index in [2.05, 4.69) is 12.2 Å². The van der Waals surface area contributed by atoms with Gasteiger partial charge in [-0.3, -0.25) is 0 Å². The molecule has 114 valence electrons. The van der Waals surface area contributed by atoms with Crippen LogP contribution in [0.25, 0.3) is 0 Å². The molecule has 0 aliphatic carbocycles. The molecule has 1 atom stereocenters. The van der Waals surface area contributed by atoms with E-state index in [4.69, 9.17) is 0 Å². The summed E-state index contributed by atoms with van der Waals surface area (Å²) in [7, 11) is 0. The highest BCUT2D eigenvalue weighted by Gasteiger charge is 2.18. The van der Waals surface area contributed by atoms with Crippen molar-refractivity contribution in [3.8, 4) is 0 Å². The fraction of sp³-hybridized carbons (Fsp3) is 0.647. The van der Waals surface area contributed by atoms with Gasteiger partial charge in [0.15, 0.2) is 0 Å². The van der Waals surface area contributed by atoms with Crippen molar-refractivity contribution in [2.45, 2.75) is 64.8 Å². The Kier molecular flexibility index (Phi) is 8.43. The maximum Gasteiger partial charge on any atom is 0.130 e. The Morgan fingerprint density at radius 3 is 2.15 bits per heavy atom. The van der Waals surface area contributed by atoms with Crippen LogP contribution in [0.3, 0.4) is 0 Å². The van der Waals surface area contributed by atoms with Crippen LogP contribution in [0.5, 0.6) is 0 Å². The summed E-state index contributed by atoms with van der Waals surface area (Å²) in [6, 6.07) is 3.88. The zero-order valence-electron chi connectivity index (χ0n) is 12.7. The van der Waals surface area contributed by atoms with E-state index in [-0.39, 0.29) is 11.6 Å². The molecule has 1 rings (SSSR count). The maximum absolute atomic E-state index is 13.8. The standard InChI is InChI=1S/C17H27F2N/c1-3-5-6-7-8-9-13-16(20-4-2)17-14(18)11-10-12-15(17)19/h10-12,16,20H,3-9,13H2,1-2H3. The first-order valence-electron chi connectivity index (χ1n) is 7.88. The highest BCUT2D eigenvalue weighted by molar-refractivity contribution is 5.23. The second kappa shape index (κ2) is 9.87. The number of unbranched alkanes of at least 4 members (excludes halogenated alkanes) is 5. The summed E-state index contributed by atoms with van der Waals surface area (Å²) in [6.07, 6.45) is 7.92. The van der Waals surface area contributed by atoms with Gasteiger partial charge in [0.2, 0.25) is 0 Å². The topological polar surface area (TPSA) is 12.0 Å². The van der Waals surface area contributed by atoms with Gasteiger partial charge in [-0.05, 0) is 25.1 Å². The van der Waals surface area contributed by atoms with Crippen LogP contribution in [0.15, 0.2) is 18.2 Å². The summed E-state index contributed by atoms with van der Waals surface area (Å²) < 4.78 is 27.6. The van der Waals surface area contributed by atoms with Gasteiger partial charge >= 0.3 is 0 Å². The highest BCUT2D eigenvalue weighted by atomic mass is 19.1. The normalized spacial score (nSPS) is 12.6. The molecule has 0 saturated heterocycles. The van der Waals surface area contributed by atoms with Crippen LogP contribution >= 0.6 is 0 Å². The van der Waals surface area contributed by atoms with E-state index in [0.29, 0.717) is 6.54 Å². The summed E-state index contributed by atoms with van der Waals surface area (Å²) in [5.74, 6) is -0.885.